The summed E-state index contributed by atoms with van der Waals surface area (Å²) >= 11 is 0. The maximum atomic E-state index is 5.81. The lowest BCUT2D eigenvalue weighted by atomic mass is 9.98. The van der Waals surface area contributed by atoms with Crippen LogP contribution in [0.5, 0.6) is 0 Å². The van der Waals surface area contributed by atoms with Gasteiger partial charge < -0.3 is 15.4 Å². The molecule has 0 spiro atoms. The smallest absolute Gasteiger partial charge is 0.191 e. The summed E-state index contributed by atoms with van der Waals surface area (Å²) in [5, 5.41) is 6.77. The zero-order chi connectivity index (χ0) is 16.5. The van der Waals surface area contributed by atoms with E-state index in [0.29, 0.717) is 5.92 Å². The fourth-order valence-electron chi connectivity index (χ4n) is 2.90. The van der Waals surface area contributed by atoms with Crippen molar-refractivity contribution >= 4 is 5.96 Å². The molecule has 4 nitrogen and oxygen atoms in total. The van der Waals surface area contributed by atoms with E-state index < -0.39 is 0 Å². The Morgan fingerprint density at radius 2 is 2.09 bits per heavy atom. The Balaban J connectivity index is 1.80. The summed E-state index contributed by atoms with van der Waals surface area (Å²) in [5.41, 5.74) is 1.31. The maximum absolute atomic E-state index is 5.81. The summed E-state index contributed by atoms with van der Waals surface area (Å²) in [6.07, 6.45) is 3.33. The van der Waals surface area contributed by atoms with Crippen LogP contribution < -0.4 is 10.6 Å². The van der Waals surface area contributed by atoms with Crippen molar-refractivity contribution in [2.75, 3.05) is 26.2 Å². The van der Waals surface area contributed by atoms with Crippen LogP contribution in [0, 0.1) is 0 Å². The minimum absolute atomic E-state index is 0.0836. The molecule has 0 saturated carbocycles. The van der Waals surface area contributed by atoms with E-state index in [2.05, 4.69) is 61.7 Å². The predicted octanol–water partition coefficient (Wildman–Crippen LogP) is 3.30. The fraction of sp³-hybridized carbons (Fsp3) is 0.632. The lowest BCUT2D eigenvalue weighted by Crippen LogP contribution is -2.39. The first-order chi connectivity index (χ1) is 11.1. The van der Waals surface area contributed by atoms with Crippen molar-refractivity contribution in [1.82, 2.24) is 10.6 Å². The summed E-state index contributed by atoms with van der Waals surface area (Å²) in [5.74, 6) is 1.44. The molecule has 1 aliphatic rings. The van der Waals surface area contributed by atoms with Gasteiger partial charge in [-0.1, -0.05) is 37.3 Å². The molecule has 1 saturated heterocycles. The van der Waals surface area contributed by atoms with Crippen LogP contribution in [-0.4, -0.2) is 37.8 Å². The van der Waals surface area contributed by atoms with E-state index in [0.717, 1.165) is 51.5 Å². The van der Waals surface area contributed by atoms with Crippen molar-refractivity contribution in [3.05, 3.63) is 35.9 Å². The monoisotopic (exact) mass is 317 g/mol. The second-order valence-electron chi connectivity index (χ2n) is 6.62. The highest BCUT2D eigenvalue weighted by molar-refractivity contribution is 5.79. The van der Waals surface area contributed by atoms with Crippen molar-refractivity contribution in [3.63, 3.8) is 0 Å². The molecule has 0 aliphatic carbocycles. The Hall–Kier alpha value is -1.55. The third-order valence-electron chi connectivity index (χ3n) is 4.45. The standard InChI is InChI=1S/C19H31N3O/c1-4-20-18(22-15-19(3)12-8-14-23-19)21-13-11-16(2)17-9-6-5-7-10-17/h5-7,9-10,16H,4,8,11-15H2,1-3H3,(H2,20,21,22). The maximum Gasteiger partial charge on any atom is 0.191 e. The first-order valence-corrected chi connectivity index (χ1v) is 8.84. The molecule has 128 valence electrons. The SMILES string of the molecule is CCNC(=NCC1(C)CCCO1)NCCC(C)c1ccccc1. The minimum Gasteiger partial charge on any atom is -0.373 e. The number of nitrogens with zero attached hydrogens (tertiary/aromatic N) is 1. The Labute approximate surface area is 140 Å². The summed E-state index contributed by atoms with van der Waals surface area (Å²) < 4.78 is 5.81. The van der Waals surface area contributed by atoms with Crippen molar-refractivity contribution in [3.8, 4) is 0 Å². The number of aliphatic imine (C=N–C) groups is 1. The van der Waals surface area contributed by atoms with Crippen LogP contribution in [0.4, 0.5) is 0 Å². The lowest BCUT2D eigenvalue weighted by molar-refractivity contribution is 0.0283. The second kappa shape index (κ2) is 8.92. The van der Waals surface area contributed by atoms with Gasteiger partial charge >= 0.3 is 0 Å². The molecular formula is C19H31N3O. The van der Waals surface area contributed by atoms with Gasteiger partial charge in [0.15, 0.2) is 5.96 Å². The lowest BCUT2D eigenvalue weighted by Gasteiger charge is -2.21. The summed E-state index contributed by atoms with van der Waals surface area (Å²) in [6.45, 7) is 9.90. The molecule has 0 aromatic heterocycles. The fourth-order valence-corrected chi connectivity index (χ4v) is 2.90. The Kier molecular flexibility index (Phi) is 6.90. The molecule has 2 unspecified atom stereocenters. The van der Waals surface area contributed by atoms with Gasteiger partial charge in [0.05, 0.1) is 12.1 Å². The number of guanidine groups is 1. The molecule has 2 rings (SSSR count). The molecule has 0 bridgehead atoms. The first-order valence-electron chi connectivity index (χ1n) is 8.84. The quantitative estimate of drug-likeness (QED) is 0.599. The van der Waals surface area contributed by atoms with Crippen molar-refractivity contribution in [2.45, 2.75) is 51.6 Å². The van der Waals surface area contributed by atoms with Crippen LogP contribution in [0.2, 0.25) is 0 Å². The van der Waals surface area contributed by atoms with Gasteiger partial charge in [0.1, 0.15) is 0 Å². The predicted molar refractivity (Wildman–Crippen MR) is 97.0 cm³/mol. The summed E-state index contributed by atoms with van der Waals surface area (Å²) in [6, 6.07) is 10.7. The molecule has 1 heterocycles. The number of hydrogen-bond acceptors (Lipinski definition) is 2. The van der Waals surface area contributed by atoms with E-state index in [1.807, 2.05) is 0 Å². The number of nitrogens with one attached hydrogen (secondary N) is 2. The van der Waals surface area contributed by atoms with E-state index in [1.54, 1.807) is 0 Å². The van der Waals surface area contributed by atoms with E-state index in [4.69, 9.17) is 9.73 Å². The largest absolute Gasteiger partial charge is 0.373 e. The molecule has 1 fully saturated rings. The average Bonchev–Trinajstić information content (AvgIpc) is 3.00. The molecule has 4 heteroatoms. The topological polar surface area (TPSA) is 45.7 Å². The molecule has 0 amide bonds. The van der Waals surface area contributed by atoms with Gasteiger partial charge in [-0.05, 0) is 44.6 Å². The van der Waals surface area contributed by atoms with Crippen molar-refractivity contribution in [2.24, 2.45) is 4.99 Å². The second-order valence-corrected chi connectivity index (χ2v) is 6.62. The average molecular weight is 317 g/mol. The third kappa shape index (κ3) is 5.87. The highest BCUT2D eigenvalue weighted by Crippen LogP contribution is 2.25. The van der Waals surface area contributed by atoms with Gasteiger partial charge in [0.2, 0.25) is 0 Å². The Morgan fingerprint density at radius 3 is 2.74 bits per heavy atom. The van der Waals surface area contributed by atoms with Gasteiger partial charge in [-0.2, -0.15) is 0 Å². The summed E-state index contributed by atoms with van der Waals surface area (Å²) in [7, 11) is 0. The number of benzene rings is 1. The Morgan fingerprint density at radius 1 is 1.30 bits per heavy atom. The van der Waals surface area contributed by atoms with Gasteiger partial charge in [-0.3, -0.25) is 4.99 Å². The van der Waals surface area contributed by atoms with Crippen LogP contribution in [0.3, 0.4) is 0 Å². The van der Waals surface area contributed by atoms with Crippen LogP contribution >= 0.6 is 0 Å². The van der Waals surface area contributed by atoms with E-state index >= 15 is 0 Å². The molecule has 1 aromatic carbocycles. The molecule has 1 aromatic rings. The third-order valence-corrected chi connectivity index (χ3v) is 4.45. The molecular weight excluding hydrogens is 286 g/mol. The normalized spacial score (nSPS) is 22.8. The Bertz CT molecular complexity index is 481. The van der Waals surface area contributed by atoms with Gasteiger partial charge in [-0.15, -0.1) is 0 Å². The first kappa shape index (κ1) is 17.8. The number of ether oxygens (including phenoxy) is 1. The molecule has 2 N–H and O–H groups in total. The van der Waals surface area contributed by atoms with Gasteiger partial charge in [-0.25, -0.2) is 0 Å². The highest BCUT2D eigenvalue weighted by Gasteiger charge is 2.29. The van der Waals surface area contributed by atoms with Crippen molar-refractivity contribution < 1.29 is 4.74 Å². The molecule has 1 aliphatic heterocycles. The van der Waals surface area contributed by atoms with Crippen LogP contribution in [0.15, 0.2) is 35.3 Å². The van der Waals surface area contributed by atoms with E-state index in [9.17, 15) is 0 Å². The van der Waals surface area contributed by atoms with Crippen LogP contribution in [-0.2, 0) is 4.74 Å². The minimum atomic E-state index is -0.0836. The van der Waals surface area contributed by atoms with Gasteiger partial charge in [0, 0.05) is 19.7 Å². The highest BCUT2D eigenvalue weighted by atomic mass is 16.5. The number of hydrogen-bond donors (Lipinski definition) is 2. The zero-order valence-electron chi connectivity index (χ0n) is 14.8. The number of rotatable bonds is 7. The summed E-state index contributed by atoms with van der Waals surface area (Å²) in [4.78, 5) is 4.71. The van der Waals surface area contributed by atoms with E-state index in [-0.39, 0.29) is 5.60 Å². The van der Waals surface area contributed by atoms with Gasteiger partial charge in [0.25, 0.3) is 0 Å². The van der Waals surface area contributed by atoms with E-state index in [1.165, 1.54) is 5.56 Å². The molecule has 2 atom stereocenters. The van der Waals surface area contributed by atoms with Crippen LogP contribution in [0.25, 0.3) is 0 Å². The molecule has 0 radical (unpaired) electrons. The van der Waals surface area contributed by atoms with Crippen molar-refractivity contribution in [1.29, 1.82) is 0 Å². The molecule has 23 heavy (non-hydrogen) atoms. The zero-order valence-corrected chi connectivity index (χ0v) is 14.8. The van der Waals surface area contributed by atoms with Crippen LogP contribution in [0.1, 0.15) is 51.5 Å².